The first-order chi connectivity index (χ1) is 9.22. The van der Waals surface area contributed by atoms with E-state index in [-0.39, 0.29) is 5.78 Å². The molecule has 2 heterocycles. The van der Waals surface area contributed by atoms with Gasteiger partial charge in [-0.15, -0.1) is 0 Å². The summed E-state index contributed by atoms with van der Waals surface area (Å²) < 4.78 is 5.62. The number of para-hydroxylation sites is 1. The zero-order valence-corrected chi connectivity index (χ0v) is 11.8. The number of rotatable bonds is 3. The molecule has 1 aliphatic rings. The zero-order chi connectivity index (χ0) is 13.2. The molecule has 0 radical (unpaired) electrons. The van der Waals surface area contributed by atoms with Crippen molar-refractivity contribution in [2.24, 2.45) is 0 Å². The lowest BCUT2D eigenvalue weighted by Gasteiger charge is -2.29. The van der Waals surface area contributed by atoms with Gasteiger partial charge in [-0.25, -0.2) is 0 Å². The van der Waals surface area contributed by atoms with Gasteiger partial charge in [0.25, 0.3) is 0 Å². The smallest absolute Gasteiger partial charge is 0.211 e. The van der Waals surface area contributed by atoms with Crippen LogP contribution in [0.3, 0.4) is 0 Å². The molecule has 19 heavy (non-hydrogen) atoms. The van der Waals surface area contributed by atoms with Crippen LogP contribution in [0.2, 0.25) is 0 Å². The highest BCUT2D eigenvalue weighted by Gasteiger charge is 2.21. The number of thioether (sulfide) groups is 1. The lowest BCUT2D eigenvalue weighted by Crippen LogP contribution is -2.39. The first-order valence-corrected chi connectivity index (χ1v) is 7.63. The fourth-order valence-electron chi connectivity index (χ4n) is 2.43. The van der Waals surface area contributed by atoms with Crippen molar-refractivity contribution in [3.05, 3.63) is 36.1 Å². The number of carbonyl (C=O) groups excluding carboxylic acids is 1. The molecule has 4 heteroatoms. The average molecular weight is 275 g/mol. The second kappa shape index (κ2) is 5.39. The standard InChI is InChI=1S/C15H17NO2S/c1-11-9-16(6-7-19-11)10-13(17)15-8-12-4-2-3-5-14(12)18-15/h2-5,8,11H,6-7,9-10H2,1H3. The highest BCUT2D eigenvalue weighted by atomic mass is 32.2. The molecule has 0 amide bonds. The van der Waals surface area contributed by atoms with Gasteiger partial charge in [0.05, 0.1) is 6.54 Å². The van der Waals surface area contributed by atoms with Gasteiger partial charge in [0.2, 0.25) is 5.78 Å². The van der Waals surface area contributed by atoms with Crippen LogP contribution in [0.15, 0.2) is 34.7 Å². The van der Waals surface area contributed by atoms with Gasteiger partial charge in [-0.3, -0.25) is 9.69 Å². The molecule has 1 aromatic carbocycles. The number of ketones is 1. The predicted octanol–water partition coefficient (Wildman–Crippen LogP) is 3.05. The molecule has 1 unspecified atom stereocenters. The van der Waals surface area contributed by atoms with Crippen LogP contribution in [0.4, 0.5) is 0 Å². The number of nitrogens with zero attached hydrogens (tertiary/aromatic N) is 1. The molecule has 0 aliphatic carbocycles. The third-order valence-corrected chi connectivity index (χ3v) is 4.53. The molecule has 0 saturated carbocycles. The first kappa shape index (κ1) is 12.8. The summed E-state index contributed by atoms with van der Waals surface area (Å²) >= 11 is 1.97. The minimum atomic E-state index is 0.0790. The van der Waals surface area contributed by atoms with E-state index in [9.17, 15) is 4.79 Å². The number of hydrogen-bond acceptors (Lipinski definition) is 4. The molecular formula is C15H17NO2S. The van der Waals surface area contributed by atoms with Crippen molar-refractivity contribution in [1.29, 1.82) is 0 Å². The summed E-state index contributed by atoms with van der Waals surface area (Å²) in [6.07, 6.45) is 0. The van der Waals surface area contributed by atoms with E-state index < -0.39 is 0 Å². The summed E-state index contributed by atoms with van der Waals surface area (Å²) in [5, 5.41) is 1.60. The van der Waals surface area contributed by atoms with E-state index in [4.69, 9.17) is 4.42 Å². The lowest BCUT2D eigenvalue weighted by molar-refractivity contribution is 0.0908. The first-order valence-electron chi connectivity index (χ1n) is 6.58. The van der Waals surface area contributed by atoms with Gasteiger partial charge in [-0.05, 0) is 12.1 Å². The zero-order valence-electron chi connectivity index (χ0n) is 11.0. The van der Waals surface area contributed by atoms with Crippen LogP contribution in [0, 0.1) is 0 Å². The number of hydrogen-bond donors (Lipinski definition) is 0. The van der Waals surface area contributed by atoms with Gasteiger partial charge in [-0.1, -0.05) is 25.1 Å². The maximum Gasteiger partial charge on any atom is 0.211 e. The van der Waals surface area contributed by atoms with Gasteiger partial charge in [0.15, 0.2) is 5.76 Å². The molecule has 0 bridgehead atoms. The van der Waals surface area contributed by atoms with Crippen LogP contribution in [0.1, 0.15) is 17.5 Å². The summed E-state index contributed by atoms with van der Waals surface area (Å²) in [4.78, 5) is 14.5. The van der Waals surface area contributed by atoms with Crippen LogP contribution in [-0.4, -0.2) is 41.3 Å². The number of carbonyl (C=O) groups is 1. The van der Waals surface area contributed by atoms with Crippen LogP contribution in [-0.2, 0) is 0 Å². The molecule has 1 atom stereocenters. The molecule has 1 saturated heterocycles. The Morgan fingerprint density at radius 1 is 1.47 bits per heavy atom. The van der Waals surface area contributed by atoms with Gasteiger partial charge in [-0.2, -0.15) is 11.8 Å². The molecule has 3 nitrogen and oxygen atoms in total. The summed E-state index contributed by atoms with van der Waals surface area (Å²) in [6.45, 7) is 4.64. The summed E-state index contributed by atoms with van der Waals surface area (Å²) in [5.41, 5.74) is 0.786. The van der Waals surface area contributed by atoms with Gasteiger partial charge >= 0.3 is 0 Å². The molecule has 1 aromatic heterocycles. The molecule has 2 aromatic rings. The summed E-state index contributed by atoms with van der Waals surface area (Å²) in [6, 6.07) is 9.58. The SMILES string of the molecule is CC1CN(CC(=O)c2cc3ccccc3o2)CCS1. The predicted molar refractivity (Wildman–Crippen MR) is 78.9 cm³/mol. The van der Waals surface area contributed by atoms with E-state index in [0.29, 0.717) is 17.6 Å². The van der Waals surface area contributed by atoms with Crippen molar-refractivity contribution >= 4 is 28.5 Å². The Bertz CT molecular complexity index is 560. The maximum atomic E-state index is 12.2. The van der Waals surface area contributed by atoms with Crippen LogP contribution < -0.4 is 0 Å². The molecule has 1 aliphatic heterocycles. The number of fused-ring (bicyclic) bond motifs is 1. The third kappa shape index (κ3) is 2.85. The highest BCUT2D eigenvalue weighted by Crippen LogP contribution is 2.21. The largest absolute Gasteiger partial charge is 0.453 e. The second-order valence-corrected chi connectivity index (χ2v) is 6.53. The Morgan fingerprint density at radius 3 is 3.11 bits per heavy atom. The van der Waals surface area contributed by atoms with Crippen molar-refractivity contribution in [2.75, 3.05) is 25.4 Å². The highest BCUT2D eigenvalue weighted by molar-refractivity contribution is 7.99. The molecule has 0 N–H and O–H groups in total. The van der Waals surface area contributed by atoms with Crippen molar-refractivity contribution < 1.29 is 9.21 Å². The number of Topliss-reactive ketones (excluding diaryl/α,β-unsaturated/α-hetero) is 1. The number of benzene rings is 1. The Kier molecular flexibility index (Phi) is 3.62. The minimum Gasteiger partial charge on any atom is -0.453 e. The quantitative estimate of drug-likeness (QED) is 0.806. The van der Waals surface area contributed by atoms with Crippen molar-refractivity contribution in [2.45, 2.75) is 12.2 Å². The Labute approximate surface area is 117 Å². The van der Waals surface area contributed by atoms with Crippen molar-refractivity contribution in [3.8, 4) is 0 Å². The fraction of sp³-hybridized carbons (Fsp3) is 0.400. The second-order valence-electron chi connectivity index (χ2n) is 4.99. The Morgan fingerprint density at radius 2 is 2.32 bits per heavy atom. The molecule has 0 spiro atoms. The van der Waals surface area contributed by atoms with E-state index >= 15 is 0 Å². The van der Waals surface area contributed by atoms with E-state index in [1.807, 2.05) is 42.1 Å². The molecular weight excluding hydrogens is 258 g/mol. The van der Waals surface area contributed by atoms with Crippen molar-refractivity contribution in [3.63, 3.8) is 0 Å². The summed E-state index contributed by atoms with van der Waals surface area (Å²) in [5.74, 6) is 1.66. The monoisotopic (exact) mass is 275 g/mol. The van der Waals surface area contributed by atoms with Gasteiger partial charge < -0.3 is 4.42 Å². The maximum absolute atomic E-state index is 12.2. The average Bonchev–Trinajstić information content (AvgIpc) is 2.82. The number of furan rings is 1. The van der Waals surface area contributed by atoms with Crippen LogP contribution in [0.25, 0.3) is 11.0 Å². The third-order valence-electron chi connectivity index (χ3n) is 3.39. The van der Waals surface area contributed by atoms with E-state index in [0.717, 1.165) is 29.8 Å². The van der Waals surface area contributed by atoms with Crippen molar-refractivity contribution in [1.82, 2.24) is 4.90 Å². The molecule has 100 valence electrons. The topological polar surface area (TPSA) is 33.5 Å². The van der Waals surface area contributed by atoms with E-state index in [1.54, 1.807) is 0 Å². The molecule has 1 fully saturated rings. The van der Waals surface area contributed by atoms with Crippen LogP contribution >= 0.6 is 11.8 Å². The fourth-order valence-corrected chi connectivity index (χ4v) is 3.52. The lowest BCUT2D eigenvalue weighted by atomic mass is 10.2. The van der Waals surface area contributed by atoms with E-state index in [2.05, 4.69) is 11.8 Å². The Balaban J connectivity index is 1.72. The Hall–Kier alpha value is -1.26. The van der Waals surface area contributed by atoms with E-state index in [1.165, 1.54) is 0 Å². The normalized spacial score (nSPS) is 20.8. The minimum absolute atomic E-state index is 0.0790. The van der Waals surface area contributed by atoms with Gasteiger partial charge in [0.1, 0.15) is 5.58 Å². The molecule has 3 rings (SSSR count). The summed E-state index contributed by atoms with van der Waals surface area (Å²) in [7, 11) is 0. The van der Waals surface area contributed by atoms with Crippen LogP contribution in [0.5, 0.6) is 0 Å². The van der Waals surface area contributed by atoms with Gasteiger partial charge in [0, 0.05) is 29.5 Å².